The smallest absolute Gasteiger partial charge is 0.317 e. The highest BCUT2D eigenvalue weighted by atomic mass is 79.9. The third-order valence-electron chi connectivity index (χ3n) is 9.75. The number of nitrogens with one attached hydrogen (secondary N) is 1. The summed E-state index contributed by atoms with van der Waals surface area (Å²) in [7, 11) is 0. The number of carbonyl (C=O) groups excluding carboxylic acids is 3. The average molecular weight is 736 g/mol. The Morgan fingerprint density at radius 3 is 2.35 bits per heavy atom. The van der Waals surface area contributed by atoms with Crippen molar-refractivity contribution in [3.63, 3.8) is 0 Å². The second-order valence-electron chi connectivity index (χ2n) is 12.4. The van der Waals surface area contributed by atoms with Crippen LogP contribution in [0.5, 0.6) is 0 Å². The minimum Gasteiger partial charge on any atom is -0.343 e. The number of benzene rings is 1. The lowest BCUT2D eigenvalue weighted by molar-refractivity contribution is -0.135. The van der Waals surface area contributed by atoms with Crippen molar-refractivity contribution in [1.29, 1.82) is 0 Å². The van der Waals surface area contributed by atoms with E-state index in [1.165, 1.54) is 16.7 Å². The lowest BCUT2D eigenvalue weighted by atomic mass is 9.76. The summed E-state index contributed by atoms with van der Waals surface area (Å²) < 4.78 is 2.04. The number of amides is 4. The van der Waals surface area contributed by atoms with Crippen LogP contribution in [0.1, 0.15) is 66.8 Å². The van der Waals surface area contributed by atoms with Gasteiger partial charge in [0.15, 0.2) is 0 Å². The van der Waals surface area contributed by atoms with E-state index in [9.17, 15) is 14.4 Å². The standard InChI is InChI=1S/C32H38Br2ClN5O3/c33-24-16-23-2-1-22-17-25(35)18-26(34)29(22)30(31(23)37-19-24)21-5-11-39(12-6-21)28(42)15-20-3-9-38(10-4-20)27(41)7-13-40-14-8-36-32(40)43/h16-21,30H,1-15H2,(H,36,43)/t30-/m1/s1. The van der Waals surface area contributed by atoms with Gasteiger partial charge in [-0.25, -0.2) is 4.79 Å². The number of rotatable bonds is 6. The Balaban J connectivity index is 1.04. The van der Waals surface area contributed by atoms with E-state index < -0.39 is 0 Å². The van der Waals surface area contributed by atoms with E-state index >= 15 is 0 Å². The number of hydrogen-bond donors (Lipinski definition) is 1. The molecule has 0 radical (unpaired) electrons. The molecule has 1 aromatic heterocycles. The van der Waals surface area contributed by atoms with Crippen LogP contribution in [0, 0.1) is 11.8 Å². The van der Waals surface area contributed by atoms with E-state index in [1.807, 2.05) is 17.2 Å². The molecule has 1 aliphatic carbocycles. The Morgan fingerprint density at radius 2 is 1.63 bits per heavy atom. The first kappa shape index (κ1) is 30.8. The van der Waals surface area contributed by atoms with E-state index in [0.717, 1.165) is 71.3 Å². The van der Waals surface area contributed by atoms with Crippen LogP contribution in [-0.2, 0) is 22.4 Å². The van der Waals surface area contributed by atoms with Crippen LogP contribution in [0.3, 0.4) is 0 Å². The molecule has 11 heteroatoms. The molecule has 1 atom stereocenters. The minimum absolute atomic E-state index is 0.0828. The van der Waals surface area contributed by atoms with Crippen LogP contribution in [0.2, 0.25) is 5.02 Å². The monoisotopic (exact) mass is 733 g/mol. The lowest BCUT2D eigenvalue weighted by Crippen LogP contribution is -2.43. The highest BCUT2D eigenvalue weighted by molar-refractivity contribution is 9.10. The molecule has 3 saturated heterocycles. The first-order chi connectivity index (χ1) is 20.8. The number of halogens is 3. The summed E-state index contributed by atoms with van der Waals surface area (Å²) in [5.41, 5.74) is 5.01. The van der Waals surface area contributed by atoms with Gasteiger partial charge in [0, 0.05) is 84.7 Å². The number of nitrogens with zero attached hydrogens (tertiary/aromatic N) is 4. The molecule has 6 rings (SSSR count). The summed E-state index contributed by atoms with van der Waals surface area (Å²) in [6, 6.07) is 6.24. The summed E-state index contributed by atoms with van der Waals surface area (Å²) in [6.45, 7) is 4.67. The molecule has 1 aromatic carbocycles. The largest absolute Gasteiger partial charge is 0.343 e. The molecule has 43 heavy (non-hydrogen) atoms. The highest BCUT2D eigenvalue weighted by Gasteiger charge is 2.37. The Kier molecular flexibility index (Phi) is 9.64. The van der Waals surface area contributed by atoms with Gasteiger partial charge in [-0.3, -0.25) is 14.6 Å². The molecule has 3 fully saturated rings. The van der Waals surface area contributed by atoms with Gasteiger partial charge in [0.05, 0.1) is 5.69 Å². The normalized spacial score (nSPS) is 21.3. The van der Waals surface area contributed by atoms with E-state index in [1.54, 1.807) is 4.90 Å². The minimum atomic E-state index is -0.0828. The number of piperidine rings is 2. The molecule has 0 bridgehead atoms. The third-order valence-corrected chi connectivity index (χ3v) is 11.1. The average Bonchev–Trinajstić information content (AvgIpc) is 3.34. The van der Waals surface area contributed by atoms with Gasteiger partial charge >= 0.3 is 6.03 Å². The van der Waals surface area contributed by atoms with Crippen molar-refractivity contribution in [2.75, 3.05) is 45.8 Å². The van der Waals surface area contributed by atoms with Crippen LogP contribution < -0.4 is 5.32 Å². The number of fused-ring (bicyclic) bond motifs is 2. The fourth-order valence-corrected chi connectivity index (χ4v) is 8.89. The first-order valence-electron chi connectivity index (χ1n) is 15.5. The Bertz CT molecular complexity index is 1390. The molecule has 0 spiro atoms. The number of pyridine rings is 1. The van der Waals surface area contributed by atoms with E-state index in [4.69, 9.17) is 16.6 Å². The summed E-state index contributed by atoms with van der Waals surface area (Å²) >= 11 is 13.9. The van der Waals surface area contributed by atoms with Gasteiger partial charge in [-0.2, -0.15) is 0 Å². The molecule has 230 valence electrons. The number of hydrogen-bond acceptors (Lipinski definition) is 4. The number of urea groups is 1. The number of aromatic nitrogens is 1. The lowest BCUT2D eigenvalue weighted by Gasteiger charge is -2.38. The molecular formula is C32H38Br2ClN5O3. The Morgan fingerprint density at radius 1 is 0.930 bits per heavy atom. The molecule has 4 heterocycles. The SMILES string of the molecule is O=C(CCN1CCNC1=O)N1CCC(CC(=O)N2CCC([C@H]3c4ncc(Br)cc4CCc4cc(Cl)cc(Br)c43)CC2)CC1. The summed E-state index contributed by atoms with van der Waals surface area (Å²) in [6.07, 6.45) is 8.24. The van der Waals surface area contributed by atoms with Gasteiger partial charge < -0.3 is 20.0 Å². The van der Waals surface area contributed by atoms with Crippen LogP contribution >= 0.6 is 43.5 Å². The molecule has 1 N–H and O–H groups in total. The maximum atomic E-state index is 13.4. The van der Waals surface area contributed by atoms with Crippen molar-refractivity contribution in [1.82, 2.24) is 25.0 Å². The number of aryl methyl sites for hydroxylation is 2. The fourth-order valence-electron chi connectivity index (χ4n) is 7.39. The predicted molar refractivity (Wildman–Crippen MR) is 173 cm³/mol. The first-order valence-corrected chi connectivity index (χ1v) is 17.4. The molecule has 4 aliphatic rings. The number of likely N-dealkylation sites (tertiary alicyclic amines) is 2. The number of carbonyl (C=O) groups is 3. The summed E-state index contributed by atoms with van der Waals surface area (Å²) in [5.74, 6) is 1.18. The zero-order valence-corrected chi connectivity index (χ0v) is 28.2. The van der Waals surface area contributed by atoms with Gasteiger partial charge in [-0.05, 0) is 101 Å². The Labute approximate surface area is 275 Å². The molecule has 2 aromatic rings. The van der Waals surface area contributed by atoms with Gasteiger partial charge in [-0.1, -0.05) is 27.5 Å². The van der Waals surface area contributed by atoms with Gasteiger partial charge in [0.25, 0.3) is 0 Å². The predicted octanol–water partition coefficient (Wildman–Crippen LogP) is 5.77. The topological polar surface area (TPSA) is 85.8 Å². The van der Waals surface area contributed by atoms with Crippen molar-refractivity contribution >= 4 is 61.3 Å². The van der Waals surface area contributed by atoms with E-state index in [0.29, 0.717) is 57.4 Å². The second kappa shape index (κ2) is 13.4. The third kappa shape index (κ3) is 6.91. The van der Waals surface area contributed by atoms with Crippen molar-refractivity contribution in [3.05, 3.63) is 60.7 Å². The van der Waals surface area contributed by atoms with Gasteiger partial charge in [-0.15, -0.1) is 0 Å². The van der Waals surface area contributed by atoms with Crippen LogP contribution in [0.15, 0.2) is 33.3 Å². The van der Waals surface area contributed by atoms with Crippen molar-refractivity contribution in [3.8, 4) is 0 Å². The van der Waals surface area contributed by atoms with Crippen LogP contribution in [0.25, 0.3) is 0 Å². The molecule has 8 nitrogen and oxygen atoms in total. The summed E-state index contributed by atoms with van der Waals surface area (Å²) in [5, 5.41) is 3.52. The van der Waals surface area contributed by atoms with Gasteiger partial charge in [0.1, 0.15) is 0 Å². The van der Waals surface area contributed by atoms with Crippen molar-refractivity contribution in [2.45, 2.75) is 57.3 Å². The van der Waals surface area contributed by atoms with Gasteiger partial charge in [0.2, 0.25) is 11.8 Å². The van der Waals surface area contributed by atoms with Crippen LogP contribution in [-0.4, -0.2) is 83.3 Å². The molecule has 0 saturated carbocycles. The highest BCUT2D eigenvalue weighted by Crippen LogP contribution is 2.46. The summed E-state index contributed by atoms with van der Waals surface area (Å²) in [4.78, 5) is 48.4. The quantitative estimate of drug-likeness (QED) is 0.409. The van der Waals surface area contributed by atoms with E-state index in [2.05, 4.69) is 54.2 Å². The fraction of sp³-hybridized carbons (Fsp3) is 0.562. The maximum Gasteiger partial charge on any atom is 0.317 e. The molecule has 4 amide bonds. The van der Waals surface area contributed by atoms with Crippen molar-refractivity contribution < 1.29 is 14.4 Å². The Hall–Kier alpha value is -2.17. The van der Waals surface area contributed by atoms with E-state index in [-0.39, 0.29) is 23.8 Å². The second-order valence-corrected chi connectivity index (χ2v) is 14.6. The molecule has 3 aliphatic heterocycles. The molecular weight excluding hydrogens is 698 g/mol. The molecule has 0 unspecified atom stereocenters. The maximum absolute atomic E-state index is 13.4. The zero-order chi connectivity index (χ0) is 30.1. The zero-order valence-electron chi connectivity index (χ0n) is 24.3. The van der Waals surface area contributed by atoms with Crippen molar-refractivity contribution in [2.24, 2.45) is 11.8 Å². The van der Waals surface area contributed by atoms with Crippen LogP contribution in [0.4, 0.5) is 4.79 Å².